The predicted molar refractivity (Wildman–Crippen MR) is 79.3 cm³/mol. The summed E-state index contributed by atoms with van der Waals surface area (Å²) in [6.07, 6.45) is 1.03. The molecule has 0 bridgehead atoms. The molecule has 2 rings (SSSR count). The zero-order valence-electron chi connectivity index (χ0n) is 9.53. The quantitative estimate of drug-likeness (QED) is 0.746. The lowest BCUT2D eigenvalue weighted by atomic mass is 10.2. The monoisotopic (exact) mass is 356 g/mol. The third kappa shape index (κ3) is 5.37. The predicted octanol–water partition coefficient (Wildman–Crippen LogP) is 5.17. The normalized spacial score (nSPS) is 9.35. The van der Waals surface area contributed by atoms with Crippen LogP contribution in [0.4, 0.5) is 0 Å². The largest absolute Gasteiger partial charge is 0.508 e. The second-order valence-corrected chi connectivity index (χ2v) is 5.14. The molecule has 3 heteroatoms. The Labute approximate surface area is 119 Å². The molecular formula is C14H14Br2O. The first-order valence-corrected chi connectivity index (χ1v) is 6.90. The molecular weight excluding hydrogens is 344 g/mol. The number of rotatable bonds is 1. The van der Waals surface area contributed by atoms with Gasteiger partial charge in [0.25, 0.3) is 0 Å². The Bertz CT molecular complexity index is 431. The molecule has 1 nitrogen and oxygen atoms in total. The van der Waals surface area contributed by atoms with Crippen molar-refractivity contribution in [3.8, 4) is 5.75 Å². The van der Waals surface area contributed by atoms with Crippen LogP contribution in [0.5, 0.6) is 5.75 Å². The lowest BCUT2D eigenvalue weighted by Gasteiger charge is -1.93. The molecule has 90 valence electrons. The summed E-state index contributed by atoms with van der Waals surface area (Å²) in [5.74, 6) is 0.340. The summed E-state index contributed by atoms with van der Waals surface area (Å²) in [5, 5.41) is 8.85. The molecule has 2 aromatic carbocycles. The molecule has 2 aromatic rings. The smallest absolute Gasteiger partial charge is 0.115 e. The van der Waals surface area contributed by atoms with Crippen molar-refractivity contribution in [3.05, 3.63) is 63.0 Å². The van der Waals surface area contributed by atoms with E-state index < -0.39 is 0 Å². The highest BCUT2D eigenvalue weighted by atomic mass is 79.9. The van der Waals surface area contributed by atoms with Gasteiger partial charge in [-0.15, -0.1) is 0 Å². The van der Waals surface area contributed by atoms with Gasteiger partial charge in [-0.3, -0.25) is 0 Å². The van der Waals surface area contributed by atoms with Gasteiger partial charge >= 0.3 is 0 Å². The van der Waals surface area contributed by atoms with Crippen LogP contribution in [0.2, 0.25) is 0 Å². The Balaban J connectivity index is 0.000000171. The minimum absolute atomic E-state index is 0.340. The standard InChI is InChI=1S/C8H10O.C6H4Br2/c1-2-7-3-5-8(9)6-4-7;7-5-3-1-2-4-6(5)8/h3-6,9H,2H2,1H3;1-4H. The van der Waals surface area contributed by atoms with Crippen LogP contribution in [0, 0.1) is 0 Å². The van der Waals surface area contributed by atoms with Gasteiger partial charge in [0.2, 0.25) is 0 Å². The second kappa shape index (κ2) is 7.51. The van der Waals surface area contributed by atoms with E-state index in [2.05, 4.69) is 38.8 Å². The molecule has 0 heterocycles. The maximum atomic E-state index is 8.85. The van der Waals surface area contributed by atoms with E-state index in [0.29, 0.717) is 5.75 Å². The second-order valence-electron chi connectivity index (χ2n) is 3.43. The summed E-state index contributed by atoms with van der Waals surface area (Å²) in [6, 6.07) is 15.2. The minimum atomic E-state index is 0.340. The van der Waals surface area contributed by atoms with Crippen LogP contribution < -0.4 is 0 Å². The van der Waals surface area contributed by atoms with E-state index in [1.165, 1.54) is 5.56 Å². The van der Waals surface area contributed by atoms with Crippen LogP contribution in [0.25, 0.3) is 0 Å². The first-order valence-electron chi connectivity index (χ1n) is 5.31. The number of halogens is 2. The van der Waals surface area contributed by atoms with E-state index in [0.717, 1.165) is 15.4 Å². The Kier molecular flexibility index (Phi) is 6.30. The van der Waals surface area contributed by atoms with Gasteiger partial charge < -0.3 is 5.11 Å². The number of hydrogen-bond donors (Lipinski definition) is 1. The van der Waals surface area contributed by atoms with E-state index in [1.807, 2.05) is 36.4 Å². The highest BCUT2D eigenvalue weighted by Crippen LogP contribution is 2.20. The zero-order valence-corrected chi connectivity index (χ0v) is 12.7. The summed E-state index contributed by atoms with van der Waals surface area (Å²) in [7, 11) is 0. The van der Waals surface area contributed by atoms with Gasteiger partial charge in [0, 0.05) is 8.95 Å². The van der Waals surface area contributed by atoms with E-state index in [4.69, 9.17) is 5.11 Å². The molecule has 0 aromatic heterocycles. The number of aromatic hydroxyl groups is 1. The van der Waals surface area contributed by atoms with E-state index in [9.17, 15) is 0 Å². The third-order valence-corrected chi connectivity index (χ3v) is 4.08. The first kappa shape index (κ1) is 14.3. The lowest BCUT2D eigenvalue weighted by molar-refractivity contribution is 0.475. The van der Waals surface area contributed by atoms with Crippen molar-refractivity contribution in [2.24, 2.45) is 0 Å². The van der Waals surface area contributed by atoms with Crippen molar-refractivity contribution in [3.63, 3.8) is 0 Å². The van der Waals surface area contributed by atoms with Gasteiger partial charge in [-0.05, 0) is 68.1 Å². The highest BCUT2D eigenvalue weighted by Gasteiger charge is 1.88. The summed E-state index contributed by atoms with van der Waals surface area (Å²) in [4.78, 5) is 0. The molecule has 0 spiro atoms. The zero-order chi connectivity index (χ0) is 12.7. The fraction of sp³-hybridized carbons (Fsp3) is 0.143. The molecule has 1 N–H and O–H groups in total. The Morgan fingerprint density at radius 2 is 1.35 bits per heavy atom. The molecule has 0 unspecified atom stereocenters. The lowest BCUT2D eigenvalue weighted by Crippen LogP contribution is -1.75. The maximum absolute atomic E-state index is 8.85. The molecule has 0 aliphatic carbocycles. The topological polar surface area (TPSA) is 20.2 Å². The molecule has 0 saturated carbocycles. The number of hydrogen-bond acceptors (Lipinski definition) is 1. The highest BCUT2D eigenvalue weighted by molar-refractivity contribution is 9.13. The Morgan fingerprint density at radius 3 is 1.71 bits per heavy atom. The van der Waals surface area contributed by atoms with Crippen molar-refractivity contribution in [2.45, 2.75) is 13.3 Å². The maximum Gasteiger partial charge on any atom is 0.115 e. The van der Waals surface area contributed by atoms with Crippen molar-refractivity contribution in [1.82, 2.24) is 0 Å². The van der Waals surface area contributed by atoms with Crippen LogP contribution >= 0.6 is 31.9 Å². The Morgan fingerprint density at radius 1 is 0.882 bits per heavy atom. The number of phenols is 1. The molecule has 0 radical (unpaired) electrons. The van der Waals surface area contributed by atoms with Crippen LogP contribution in [0.15, 0.2) is 57.5 Å². The SMILES string of the molecule is Brc1ccccc1Br.CCc1ccc(O)cc1. The van der Waals surface area contributed by atoms with Gasteiger partial charge in [0.15, 0.2) is 0 Å². The molecule has 0 fully saturated rings. The van der Waals surface area contributed by atoms with Gasteiger partial charge in [-0.1, -0.05) is 31.2 Å². The molecule has 0 saturated heterocycles. The van der Waals surface area contributed by atoms with Crippen molar-refractivity contribution in [1.29, 1.82) is 0 Å². The number of aryl methyl sites for hydroxylation is 1. The van der Waals surface area contributed by atoms with Crippen molar-refractivity contribution < 1.29 is 5.11 Å². The minimum Gasteiger partial charge on any atom is -0.508 e. The van der Waals surface area contributed by atoms with Crippen LogP contribution in [0.1, 0.15) is 12.5 Å². The Hall–Kier alpha value is -0.800. The van der Waals surface area contributed by atoms with Crippen LogP contribution in [-0.2, 0) is 6.42 Å². The van der Waals surface area contributed by atoms with Gasteiger partial charge in [0.1, 0.15) is 5.75 Å². The van der Waals surface area contributed by atoms with E-state index >= 15 is 0 Å². The molecule has 17 heavy (non-hydrogen) atoms. The third-order valence-electron chi connectivity index (χ3n) is 2.17. The number of phenolic OH excluding ortho intramolecular Hbond substituents is 1. The van der Waals surface area contributed by atoms with Crippen LogP contribution in [0.3, 0.4) is 0 Å². The van der Waals surface area contributed by atoms with E-state index in [1.54, 1.807) is 12.1 Å². The van der Waals surface area contributed by atoms with Crippen molar-refractivity contribution >= 4 is 31.9 Å². The fourth-order valence-electron chi connectivity index (χ4n) is 1.17. The molecule has 0 amide bonds. The number of benzene rings is 2. The first-order chi connectivity index (χ1) is 8.13. The summed E-state index contributed by atoms with van der Waals surface area (Å²) >= 11 is 6.70. The van der Waals surface area contributed by atoms with E-state index in [-0.39, 0.29) is 0 Å². The van der Waals surface area contributed by atoms with Crippen LogP contribution in [-0.4, -0.2) is 5.11 Å². The average Bonchev–Trinajstić information content (AvgIpc) is 2.35. The summed E-state index contributed by atoms with van der Waals surface area (Å²) in [5.41, 5.74) is 1.26. The van der Waals surface area contributed by atoms with Gasteiger partial charge in [-0.25, -0.2) is 0 Å². The van der Waals surface area contributed by atoms with Gasteiger partial charge in [-0.2, -0.15) is 0 Å². The molecule has 0 atom stereocenters. The summed E-state index contributed by atoms with van der Waals surface area (Å²) in [6.45, 7) is 2.09. The molecule has 0 aliphatic rings. The fourth-order valence-corrected chi connectivity index (χ4v) is 1.74. The van der Waals surface area contributed by atoms with Crippen molar-refractivity contribution in [2.75, 3.05) is 0 Å². The summed E-state index contributed by atoms with van der Waals surface area (Å²) < 4.78 is 2.19. The molecule has 0 aliphatic heterocycles. The average molecular weight is 358 g/mol. The van der Waals surface area contributed by atoms with Gasteiger partial charge in [0.05, 0.1) is 0 Å².